The number of carbonyl (C=O) groups excluding carboxylic acids is 2. The first-order chi connectivity index (χ1) is 13.5. The Bertz CT molecular complexity index is 671. The highest BCUT2D eigenvalue weighted by atomic mass is 16.5. The fourth-order valence-corrected chi connectivity index (χ4v) is 4.06. The third-order valence-corrected chi connectivity index (χ3v) is 5.59. The van der Waals surface area contributed by atoms with Gasteiger partial charge >= 0.3 is 0 Å². The number of hydrogen-bond donors (Lipinski definition) is 2. The van der Waals surface area contributed by atoms with E-state index in [9.17, 15) is 9.59 Å². The van der Waals surface area contributed by atoms with Crippen LogP contribution in [0.5, 0.6) is 0 Å². The van der Waals surface area contributed by atoms with E-state index in [0.717, 1.165) is 50.6 Å². The van der Waals surface area contributed by atoms with E-state index in [0.29, 0.717) is 5.92 Å². The number of rotatable bonds is 6. The standard InChI is InChI=1S/C21H32N4O3/c1-15(2)20-18(8-9-22-20)21(27)24(3)14-19(26)23-16-4-6-17(7-5-16)25-10-12-28-13-11-25/h4-7,15,18,20,22H,8-14H2,1-3H3,(H,23,26). The van der Waals surface area contributed by atoms with Gasteiger partial charge in [-0.2, -0.15) is 0 Å². The molecule has 2 fully saturated rings. The highest BCUT2D eigenvalue weighted by Crippen LogP contribution is 2.24. The predicted octanol–water partition coefficient (Wildman–Crippen LogP) is 1.55. The Balaban J connectivity index is 1.51. The van der Waals surface area contributed by atoms with Gasteiger partial charge in [-0.05, 0) is 43.1 Å². The summed E-state index contributed by atoms with van der Waals surface area (Å²) >= 11 is 0. The van der Waals surface area contributed by atoms with Crippen LogP contribution in [0.3, 0.4) is 0 Å². The number of hydrogen-bond acceptors (Lipinski definition) is 5. The maximum atomic E-state index is 12.8. The van der Waals surface area contributed by atoms with Gasteiger partial charge in [0.05, 0.1) is 25.7 Å². The van der Waals surface area contributed by atoms with Crippen molar-refractivity contribution in [1.82, 2.24) is 10.2 Å². The maximum Gasteiger partial charge on any atom is 0.243 e. The van der Waals surface area contributed by atoms with Gasteiger partial charge in [-0.1, -0.05) is 13.8 Å². The molecule has 28 heavy (non-hydrogen) atoms. The molecule has 2 aliphatic rings. The molecule has 2 amide bonds. The molecule has 2 saturated heterocycles. The van der Waals surface area contributed by atoms with Crippen LogP contribution in [-0.2, 0) is 14.3 Å². The van der Waals surface area contributed by atoms with Crippen molar-refractivity contribution < 1.29 is 14.3 Å². The maximum absolute atomic E-state index is 12.8. The highest BCUT2D eigenvalue weighted by molar-refractivity contribution is 5.95. The number of nitrogens with one attached hydrogen (secondary N) is 2. The summed E-state index contributed by atoms with van der Waals surface area (Å²) in [6.07, 6.45) is 0.830. The Labute approximate surface area is 167 Å². The molecule has 0 aliphatic carbocycles. The first-order valence-corrected chi connectivity index (χ1v) is 10.2. The summed E-state index contributed by atoms with van der Waals surface area (Å²) in [7, 11) is 1.71. The minimum atomic E-state index is -0.179. The van der Waals surface area contributed by atoms with Crippen molar-refractivity contribution in [3.63, 3.8) is 0 Å². The Hall–Kier alpha value is -2.12. The predicted molar refractivity (Wildman–Crippen MR) is 110 cm³/mol. The van der Waals surface area contributed by atoms with E-state index >= 15 is 0 Å². The van der Waals surface area contributed by atoms with Gasteiger partial charge in [-0.3, -0.25) is 9.59 Å². The van der Waals surface area contributed by atoms with Crippen molar-refractivity contribution >= 4 is 23.2 Å². The lowest BCUT2D eigenvalue weighted by Gasteiger charge is -2.29. The molecule has 0 radical (unpaired) electrons. The van der Waals surface area contributed by atoms with Crippen LogP contribution in [0, 0.1) is 11.8 Å². The summed E-state index contributed by atoms with van der Waals surface area (Å²) in [5, 5.41) is 6.30. The fourth-order valence-electron chi connectivity index (χ4n) is 4.06. The van der Waals surface area contributed by atoms with Crippen LogP contribution < -0.4 is 15.5 Å². The molecule has 0 saturated carbocycles. The van der Waals surface area contributed by atoms with E-state index in [-0.39, 0.29) is 30.3 Å². The fraction of sp³-hybridized carbons (Fsp3) is 0.619. The quantitative estimate of drug-likeness (QED) is 0.774. The summed E-state index contributed by atoms with van der Waals surface area (Å²) < 4.78 is 5.38. The largest absolute Gasteiger partial charge is 0.378 e. The van der Waals surface area contributed by atoms with Crippen LogP contribution in [0.25, 0.3) is 0 Å². The molecule has 2 aliphatic heterocycles. The van der Waals surface area contributed by atoms with E-state index in [1.165, 1.54) is 0 Å². The van der Waals surface area contributed by atoms with Crippen molar-refractivity contribution in [2.45, 2.75) is 26.3 Å². The molecular weight excluding hydrogens is 356 g/mol. The van der Waals surface area contributed by atoms with Crippen molar-refractivity contribution in [3.8, 4) is 0 Å². The zero-order chi connectivity index (χ0) is 20.1. The van der Waals surface area contributed by atoms with Gasteiger partial charge in [-0.25, -0.2) is 0 Å². The molecule has 2 unspecified atom stereocenters. The van der Waals surface area contributed by atoms with E-state index in [4.69, 9.17) is 4.74 Å². The summed E-state index contributed by atoms with van der Waals surface area (Å²) in [5.41, 5.74) is 1.87. The second-order valence-corrected chi connectivity index (χ2v) is 8.01. The second-order valence-electron chi connectivity index (χ2n) is 8.01. The molecule has 3 rings (SSSR count). The van der Waals surface area contributed by atoms with E-state index in [2.05, 4.69) is 29.4 Å². The van der Waals surface area contributed by atoms with Crippen molar-refractivity contribution in [3.05, 3.63) is 24.3 Å². The van der Waals surface area contributed by atoms with E-state index in [1.54, 1.807) is 11.9 Å². The zero-order valence-electron chi connectivity index (χ0n) is 17.1. The lowest BCUT2D eigenvalue weighted by Crippen LogP contribution is -2.44. The molecule has 0 spiro atoms. The molecule has 154 valence electrons. The molecule has 1 aromatic rings. The Morgan fingerprint density at radius 3 is 2.57 bits per heavy atom. The molecule has 2 N–H and O–H groups in total. The van der Waals surface area contributed by atoms with Crippen LogP contribution in [0.15, 0.2) is 24.3 Å². The van der Waals surface area contributed by atoms with Crippen LogP contribution >= 0.6 is 0 Å². The van der Waals surface area contributed by atoms with Gasteiger partial charge in [0, 0.05) is 37.6 Å². The van der Waals surface area contributed by atoms with Crippen molar-refractivity contribution in [2.24, 2.45) is 11.8 Å². The zero-order valence-corrected chi connectivity index (χ0v) is 17.1. The Morgan fingerprint density at radius 1 is 1.25 bits per heavy atom. The molecular formula is C21H32N4O3. The summed E-state index contributed by atoms with van der Waals surface area (Å²) in [5.74, 6) is 0.206. The van der Waals surface area contributed by atoms with Crippen molar-refractivity contribution in [1.29, 1.82) is 0 Å². The summed E-state index contributed by atoms with van der Waals surface area (Å²) in [6.45, 7) is 8.41. The molecule has 7 nitrogen and oxygen atoms in total. The van der Waals surface area contributed by atoms with Gasteiger partial charge in [-0.15, -0.1) is 0 Å². The number of benzene rings is 1. The molecule has 2 atom stereocenters. The monoisotopic (exact) mass is 388 g/mol. The molecule has 1 aromatic carbocycles. The van der Waals surface area contributed by atoms with Crippen LogP contribution in [0.2, 0.25) is 0 Å². The topological polar surface area (TPSA) is 73.9 Å². The SMILES string of the molecule is CC(C)C1NCCC1C(=O)N(C)CC(=O)Nc1ccc(N2CCOCC2)cc1. The van der Waals surface area contributed by atoms with E-state index < -0.39 is 0 Å². The third kappa shape index (κ3) is 5.02. The molecule has 0 bridgehead atoms. The number of anilines is 2. The number of nitrogens with zero attached hydrogens (tertiary/aromatic N) is 2. The first kappa shape index (κ1) is 20.6. The number of morpholine rings is 1. The third-order valence-electron chi connectivity index (χ3n) is 5.59. The molecule has 0 aromatic heterocycles. The number of amides is 2. The lowest BCUT2D eigenvalue weighted by atomic mass is 9.91. The van der Waals surface area contributed by atoms with E-state index in [1.807, 2.05) is 24.3 Å². The average molecular weight is 389 g/mol. The highest BCUT2D eigenvalue weighted by Gasteiger charge is 2.36. The Kier molecular flexibility index (Phi) is 6.91. The van der Waals surface area contributed by atoms with Gasteiger partial charge in [0.25, 0.3) is 0 Å². The molecule has 7 heteroatoms. The van der Waals surface area contributed by atoms with Crippen molar-refractivity contribution in [2.75, 3.05) is 56.7 Å². The van der Waals surface area contributed by atoms with Gasteiger partial charge < -0.3 is 25.2 Å². The van der Waals surface area contributed by atoms with Gasteiger partial charge in [0.1, 0.15) is 0 Å². The first-order valence-electron chi connectivity index (χ1n) is 10.2. The summed E-state index contributed by atoms with van der Waals surface area (Å²) in [4.78, 5) is 29.0. The number of ether oxygens (including phenoxy) is 1. The van der Waals surface area contributed by atoms with Gasteiger partial charge in [0.15, 0.2) is 0 Å². The van der Waals surface area contributed by atoms with Crippen LogP contribution in [0.4, 0.5) is 11.4 Å². The minimum Gasteiger partial charge on any atom is -0.378 e. The van der Waals surface area contributed by atoms with Crippen LogP contribution in [-0.4, -0.2) is 69.2 Å². The Morgan fingerprint density at radius 2 is 1.93 bits per heavy atom. The normalized spacial score (nSPS) is 22.4. The average Bonchev–Trinajstić information content (AvgIpc) is 3.18. The number of carbonyl (C=O) groups is 2. The smallest absolute Gasteiger partial charge is 0.243 e. The summed E-state index contributed by atoms with van der Waals surface area (Å²) in [6, 6.07) is 8.01. The lowest BCUT2D eigenvalue weighted by molar-refractivity contribution is -0.137. The number of likely N-dealkylation sites (N-methyl/N-ethyl adjacent to an activating group) is 1. The second kappa shape index (κ2) is 9.39. The van der Waals surface area contributed by atoms with Gasteiger partial charge in [0.2, 0.25) is 11.8 Å². The minimum absolute atomic E-state index is 0.0431. The molecule has 2 heterocycles. The van der Waals surface area contributed by atoms with Crippen LogP contribution in [0.1, 0.15) is 20.3 Å².